The van der Waals surface area contributed by atoms with Crippen LogP contribution in [0.25, 0.3) is 0 Å². The second-order valence-electron chi connectivity index (χ2n) is 7.97. The number of hydrogen-bond donors (Lipinski definition) is 2. The van der Waals surface area contributed by atoms with Crippen LogP contribution in [-0.4, -0.2) is 46.7 Å². The van der Waals surface area contributed by atoms with Gasteiger partial charge in [0, 0.05) is 30.5 Å². The van der Waals surface area contributed by atoms with Gasteiger partial charge in [0.15, 0.2) is 0 Å². The third-order valence-corrected chi connectivity index (χ3v) is 5.69. The number of ether oxygens (including phenoxy) is 2. The van der Waals surface area contributed by atoms with Crippen molar-refractivity contribution in [2.75, 3.05) is 31.4 Å². The van der Waals surface area contributed by atoms with Crippen molar-refractivity contribution in [1.29, 1.82) is 0 Å². The average Bonchev–Trinajstić information content (AvgIpc) is 2.82. The summed E-state index contributed by atoms with van der Waals surface area (Å²) in [5, 5.41) is 6.74. The first-order chi connectivity index (χ1) is 16.4. The Morgan fingerprint density at radius 3 is 2.41 bits per heavy atom. The second-order valence-corrected chi connectivity index (χ2v) is 8.36. The van der Waals surface area contributed by atoms with Gasteiger partial charge in [-0.1, -0.05) is 24.3 Å². The van der Waals surface area contributed by atoms with E-state index in [4.69, 9.17) is 26.7 Å². The number of aromatic nitrogens is 2. The number of rotatable bonds is 4. The number of aliphatic imine (C=N–C) groups is 1. The Hall–Kier alpha value is -3.72. The molecule has 1 aliphatic rings. The Labute approximate surface area is 205 Å². The van der Waals surface area contributed by atoms with E-state index in [-0.39, 0.29) is 5.11 Å². The van der Waals surface area contributed by atoms with Crippen molar-refractivity contribution in [2.45, 2.75) is 26.8 Å². The molecule has 0 unspecified atom stereocenters. The fourth-order valence-electron chi connectivity index (χ4n) is 3.89. The highest BCUT2D eigenvalue weighted by Gasteiger charge is 2.21. The maximum atomic E-state index is 5.61. The Morgan fingerprint density at radius 2 is 1.71 bits per heavy atom. The lowest BCUT2D eigenvalue weighted by molar-refractivity contribution is 0.393. The predicted octanol–water partition coefficient (Wildman–Crippen LogP) is 4.33. The van der Waals surface area contributed by atoms with Crippen molar-refractivity contribution in [3.63, 3.8) is 0 Å². The number of thiocarbonyl (C=S) groups is 1. The van der Waals surface area contributed by atoms with Gasteiger partial charge in [0.25, 0.3) is 0 Å². The fraction of sp³-hybridized carbons (Fsp3) is 0.280. The highest BCUT2D eigenvalue weighted by molar-refractivity contribution is 7.80. The minimum Gasteiger partial charge on any atom is -0.497 e. The number of nitrogens with one attached hydrogen (secondary N) is 2. The van der Waals surface area contributed by atoms with Crippen LogP contribution in [0.15, 0.2) is 53.5 Å². The smallest absolute Gasteiger partial charge is 0.229 e. The summed E-state index contributed by atoms with van der Waals surface area (Å²) in [5.41, 5.74) is 5.03. The first-order valence-corrected chi connectivity index (χ1v) is 11.4. The third-order valence-electron chi connectivity index (χ3n) is 5.49. The van der Waals surface area contributed by atoms with Crippen LogP contribution in [0.4, 0.5) is 11.6 Å². The van der Waals surface area contributed by atoms with Crippen molar-refractivity contribution in [2.24, 2.45) is 4.99 Å². The van der Waals surface area contributed by atoms with Gasteiger partial charge in [0.05, 0.1) is 19.9 Å². The molecule has 0 radical (unpaired) electrons. The normalized spacial score (nSPS) is 13.2. The molecular formula is C25H28N6O2S. The van der Waals surface area contributed by atoms with Crippen molar-refractivity contribution >= 4 is 34.9 Å². The van der Waals surface area contributed by atoms with E-state index in [0.29, 0.717) is 35.6 Å². The zero-order chi connectivity index (χ0) is 24.1. The van der Waals surface area contributed by atoms with Crippen LogP contribution < -0.4 is 20.1 Å². The van der Waals surface area contributed by atoms with Gasteiger partial charge < -0.3 is 19.7 Å². The Kier molecular flexibility index (Phi) is 7.22. The molecule has 2 heterocycles. The van der Waals surface area contributed by atoms with Crippen LogP contribution in [0.3, 0.4) is 0 Å². The lowest BCUT2D eigenvalue weighted by Gasteiger charge is -2.31. The van der Waals surface area contributed by atoms with E-state index in [1.807, 2.05) is 38.1 Å². The van der Waals surface area contributed by atoms with E-state index >= 15 is 0 Å². The van der Waals surface area contributed by atoms with Crippen LogP contribution >= 0.6 is 12.2 Å². The minimum atomic E-state index is 0.275. The number of nitrogens with zero attached hydrogens (tertiary/aromatic N) is 4. The first-order valence-electron chi connectivity index (χ1n) is 11.0. The summed E-state index contributed by atoms with van der Waals surface area (Å²) in [6, 6.07) is 15.8. The number of guanidine groups is 1. The number of hydrogen-bond acceptors (Lipinski definition) is 5. The molecule has 34 heavy (non-hydrogen) atoms. The summed E-state index contributed by atoms with van der Waals surface area (Å²) < 4.78 is 10.8. The molecular weight excluding hydrogens is 448 g/mol. The van der Waals surface area contributed by atoms with E-state index in [9.17, 15) is 0 Å². The van der Waals surface area contributed by atoms with Crippen molar-refractivity contribution in [1.82, 2.24) is 14.9 Å². The Bertz CT molecular complexity index is 1210. The topological polar surface area (TPSA) is 83.9 Å². The number of benzene rings is 2. The van der Waals surface area contributed by atoms with Crippen molar-refractivity contribution in [3.8, 4) is 11.5 Å². The van der Waals surface area contributed by atoms with Crippen molar-refractivity contribution in [3.05, 3.63) is 71.0 Å². The van der Waals surface area contributed by atoms with Crippen LogP contribution in [0.1, 0.15) is 22.5 Å². The van der Waals surface area contributed by atoms with Gasteiger partial charge in [0.2, 0.25) is 17.0 Å². The third kappa shape index (κ3) is 5.60. The van der Waals surface area contributed by atoms with Gasteiger partial charge in [-0.25, -0.2) is 9.97 Å². The van der Waals surface area contributed by atoms with E-state index < -0.39 is 0 Å². The molecule has 3 aromatic rings. The molecule has 0 saturated heterocycles. The number of fused-ring (bicyclic) bond motifs is 1. The second kappa shape index (κ2) is 10.5. The standard InChI is InChI=1S/C25H28N6O2S/c1-16-13-17(2)27-23(26-16)29-24(31-12-11-18-7-5-6-8-19(18)15-31)30-25(34)28-21-14-20(32-3)9-10-22(21)33-4/h5-10,13-14H,11-12,15H2,1-4H3,(H2,26,27,28,29,30,34). The monoisotopic (exact) mass is 476 g/mol. The molecule has 0 fully saturated rings. The van der Waals surface area contributed by atoms with Gasteiger partial charge in [-0.15, -0.1) is 0 Å². The molecule has 4 rings (SSSR count). The molecule has 1 aromatic heterocycles. The van der Waals surface area contributed by atoms with E-state index in [2.05, 4.69) is 49.8 Å². The fourth-order valence-corrected chi connectivity index (χ4v) is 4.08. The molecule has 0 spiro atoms. The summed E-state index contributed by atoms with van der Waals surface area (Å²) in [6.45, 7) is 5.38. The average molecular weight is 477 g/mol. The van der Waals surface area contributed by atoms with Crippen molar-refractivity contribution < 1.29 is 9.47 Å². The summed E-state index contributed by atoms with van der Waals surface area (Å²) >= 11 is 5.61. The van der Waals surface area contributed by atoms with E-state index in [1.165, 1.54) is 11.1 Å². The molecule has 176 valence electrons. The lowest BCUT2D eigenvalue weighted by atomic mass is 10.0. The van der Waals surface area contributed by atoms with E-state index in [1.54, 1.807) is 14.2 Å². The number of methoxy groups -OCH3 is 2. The predicted molar refractivity (Wildman–Crippen MR) is 139 cm³/mol. The largest absolute Gasteiger partial charge is 0.497 e. The van der Waals surface area contributed by atoms with Gasteiger partial charge in [-0.05, 0) is 61.8 Å². The maximum Gasteiger partial charge on any atom is 0.229 e. The quantitative estimate of drug-likeness (QED) is 0.327. The lowest BCUT2D eigenvalue weighted by Crippen LogP contribution is -2.41. The molecule has 1 aliphatic heterocycles. The summed E-state index contributed by atoms with van der Waals surface area (Å²) in [7, 11) is 3.22. The molecule has 0 saturated carbocycles. The Balaban J connectivity index is 1.64. The minimum absolute atomic E-state index is 0.275. The molecule has 0 aliphatic carbocycles. The SMILES string of the molecule is COc1ccc(OC)c(NC(=S)/N=C(/Nc2nc(C)cc(C)n2)N2CCc3ccccc3C2)c1. The molecule has 0 amide bonds. The highest BCUT2D eigenvalue weighted by Crippen LogP contribution is 2.29. The molecule has 0 atom stereocenters. The summed E-state index contributed by atoms with van der Waals surface area (Å²) in [5.74, 6) is 2.39. The van der Waals surface area contributed by atoms with Gasteiger partial charge in [0.1, 0.15) is 11.5 Å². The van der Waals surface area contributed by atoms with E-state index in [0.717, 1.165) is 24.4 Å². The zero-order valence-electron chi connectivity index (χ0n) is 19.8. The Morgan fingerprint density at radius 1 is 0.971 bits per heavy atom. The van der Waals surface area contributed by atoms with Crippen LogP contribution in [-0.2, 0) is 13.0 Å². The highest BCUT2D eigenvalue weighted by atomic mass is 32.1. The van der Waals surface area contributed by atoms with Gasteiger partial charge in [-0.2, -0.15) is 4.99 Å². The zero-order valence-corrected chi connectivity index (χ0v) is 20.6. The van der Waals surface area contributed by atoms with Crippen LogP contribution in [0, 0.1) is 13.8 Å². The van der Waals surface area contributed by atoms with Crippen LogP contribution in [0.2, 0.25) is 0 Å². The van der Waals surface area contributed by atoms with Gasteiger partial charge in [-0.3, -0.25) is 5.32 Å². The summed E-state index contributed by atoms with van der Waals surface area (Å²) in [4.78, 5) is 15.9. The number of anilines is 2. The maximum absolute atomic E-state index is 5.61. The van der Waals surface area contributed by atoms with Gasteiger partial charge >= 0.3 is 0 Å². The van der Waals surface area contributed by atoms with Crippen LogP contribution in [0.5, 0.6) is 11.5 Å². The summed E-state index contributed by atoms with van der Waals surface area (Å²) in [6.07, 6.45) is 0.911. The first kappa shape index (κ1) is 23.4. The molecule has 8 nitrogen and oxygen atoms in total. The molecule has 2 aromatic carbocycles. The number of aryl methyl sites for hydroxylation is 2. The molecule has 2 N–H and O–H groups in total. The molecule has 0 bridgehead atoms. The molecule has 9 heteroatoms.